The fourth-order valence-corrected chi connectivity index (χ4v) is 11.0. The number of benzene rings is 4. The third kappa shape index (κ3) is 21.0. The average Bonchev–Trinajstić information content (AvgIpc) is 4.07. The van der Waals surface area contributed by atoms with E-state index in [0.29, 0.717) is 47.6 Å². The third-order valence-electron chi connectivity index (χ3n) is 12.9. The molecule has 18 nitrogen and oxygen atoms in total. The number of rotatable bonds is 23. The minimum atomic E-state index is -1.36. The number of halogens is 7. The molecule has 27 heteroatoms. The Balaban J connectivity index is 0.000000361. The van der Waals surface area contributed by atoms with Gasteiger partial charge in [-0.25, -0.2) is 40.7 Å². The van der Waals surface area contributed by atoms with E-state index >= 15 is 0 Å². The molecule has 0 aliphatic carbocycles. The molecule has 2 saturated heterocycles. The molecule has 6 rings (SSSR count). The van der Waals surface area contributed by atoms with Crippen molar-refractivity contribution in [1.29, 1.82) is 0 Å². The molecule has 0 radical (unpaired) electrons. The Kier molecular flexibility index (Phi) is 26.4. The highest BCUT2D eigenvalue weighted by molar-refractivity contribution is 8.01. The van der Waals surface area contributed by atoms with Crippen LogP contribution in [-0.2, 0) is 59.4 Å². The maximum Gasteiger partial charge on any atom is 0.407 e. The van der Waals surface area contributed by atoms with E-state index in [1.807, 2.05) is 13.8 Å². The van der Waals surface area contributed by atoms with Gasteiger partial charge in [0.25, 0.3) is 11.8 Å². The van der Waals surface area contributed by atoms with E-state index in [9.17, 15) is 70.1 Å². The topological polar surface area (TPSA) is 262 Å². The number of aliphatic carboxylic acids is 2. The van der Waals surface area contributed by atoms with Crippen molar-refractivity contribution in [2.45, 2.75) is 128 Å². The van der Waals surface area contributed by atoms with Gasteiger partial charge in [0.15, 0.2) is 34.0 Å². The van der Waals surface area contributed by atoms with Crippen LogP contribution in [0.25, 0.3) is 0 Å². The number of thioether (sulfide) groups is 2. The quantitative estimate of drug-likeness (QED) is 0.0257. The maximum atomic E-state index is 14.4. The lowest BCUT2D eigenvalue weighted by Gasteiger charge is -2.27. The summed E-state index contributed by atoms with van der Waals surface area (Å²) in [5.74, 6) is -9.87. The first-order valence-corrected chi connectivity index (χ1v) is 28.7. The molecule has 6 atom stereocenters. The predicted molar refractivity (Wildman–Crippen MR) is 310 cm³/mol. The summed E-state index contributed by atoms with van der Waals surface area (Å²) in [5, 5.41) is 31.2. The molecule has 0 spiro atoms. The minimum absolute atomic E-state index is 0. The van der Waals surface area contributed by atoms with Crippen molar-refractivity contribution >= 4 is 89.0 Å². The molecule has 4 aromatic carbocycles. The number of carbonyl (C=O) groups excluding carboxylic acids is 5. The molecule has 4 aromatic rings. The first kappa shape index (κ1) is 69.6. The number of nitrogens with two attached hydrogens (primary N) is 1. The second-order valence-electron chi connectivity index (χ2n) is 21.5. The average molecular weight is 1240 g/mol. The van der Waals surface area contributed by atoms with E-state index in [4.69, 9.17) is 10.5 Å². The van der Waals surface area contributed by atoms with E-state index in [0.717, 1.165) is 17.2 Å². The molecule has 460 valence electrons. The molecular weight excluding hydrogens is 1170 g/mol. The summed E-state index contributed by atoms with van der Waals surface area (Å²) >= 11 is 2.57. The van der Waals surface area contributed by atoms with Crippen LogP contribution in [0.3, 0.4) is 0 Å². The summed E-state index contributed by atoms with van der Waals surface area (Å²) in [5.41, 5.74) is 7.55. The van der Waals surface area contributed by atoms with Crippen molar-refractivity contribution in [3.05, 3.63) is 130 Å². The molecule has 2 aliphatic heterocycles. The zero-order chi connectivity index (χ0) is 61.5. The summed E-state index contributed by atoms with van der Waals surface area (Å²) in [7, 11) is 0. The molecule has 2 heterocycles. The van der Waals surface area contributed by atoms with E-state index in [1.165, 1.54) is 33.3 Å². The fourth-order valence-electron chi connectivity index (χ4n) is 8.64. The second-order valence-corrected chi connectivity index (χ2v) is 23.9. The van der Waals surface area contributed by atoms with E-state index < -0.39 is 105 Å². The number of carboxylic acid groups (broad SMARTS) is 2. The maximum absolute atomic E-state index is 14.4. The standard InChI is InChI=1S/C31H39F3N4O6S.C26H31F3N4O4S.ClH/c1-17(2)26(29(41)42)36-20-8-6-18(7-9-20)16-35-27(40)28-38(10-11-45-28)25(39)14-21(37-30(43)44-31(3,4)5)12-19-13-23(33)24(34)15-22(19)32;1-14(2)23(26(36)37)32-18-5-3-15(4-6-18)13-31-24(35)25-33(7-8-38-25)22(34)11-17(30)9-16-10-20(28)21(29)12-19(16)27;/h6-9,13,15,17,21,26,28,36H,10-12,14,16H2,1-5H3,(H,35,40)(H,37,43)(H,41,42);3-6,10,12,14,17,23,25,32H,7-9,11,13,30H2,1-2H3,(H,31,35)(H,36,37);1H/t21-,26-,28+;17-,23-,25+;/m11./s1. The molecule has 0 bridgehead atoms. The number of hydrogen-bond donors (Lipinski definition) is 8. The Labute approximate surface area is 497 Å². The summed E-state index contributed by atoms with van der Waals surface area (Å²) in [6.45, 7) is 13.1. The van der Waals surface area contributed by atoms with Gasteiger partial charge in [0, 0.05) is 86.1 Å². The number of anilines is 2. The lowest BCUT2D eigenvalue weighted by Crippen LogP contribution is -2.48. The van der Waals surface area contributed by atoms with Crippen LogP contribution in [0.4, 0.5) is 42.5 Å². The first-order chi connectivity index (χ1) is 39.0. The molecule has 5 amide bonds. The molecule has 2 aliphatic rings. The van der Waals surface area contributed by atoms with Gasteiger partial charge in [0.05, 0.1) is 0 Å². The molecule has 0 saturated carbocycles. The van der Waals surface area contributed by atoms with Crippen LogP contribution in [0.15, 0.2) is 72.8 Å². The fraction of sp³-hybridized carbons (Fsp3) is 0.456. The number of ether oxygens (including phenoxy) is 1. The Morgan fingerprint density at radius 1 is 0.607 bits per heavy atom. The number of nitrogens with one attached hydrogen (secondary N) is 5. The molecule has 0 unspecified atom stereocenters. The highest BCUT2D eigenvalue weighted by Crippen LogP contribution is 2.28. The van der Waals surface area contributed by atoms with E-state index in [2.05, 4.69) is 26.6 Å². The van der Waals surface area contributed by atoms with Gasteiger partial charge in [-0.05, 0) is 104 Å². The van der Waals surface area contributed by atoms with Crippen molar-refractivity contribution in [3.8, 4) is 0 Å². The van der Waals surface area contributed by atoms with Crippen molar-refractivity contribution in [2.24, 2.45) is 17.6 Å². The van der Waals surface area contributed by atoms with Gasteiger partial charge < -0.3 is 57.1 Å². The molecule has 84 heavy (non-hydrogen) atoms. The largest absolute Gasteiger partial charge is 0.480 e. The number of carboxylic acids is 2. The van der Waals surface area contributed by atoms with Gasteiger partial charge in [-0.2, -0.15) is 0 Å². The summed E-state index contributed by atoms with van der Waals surface area (Å²) in [6.07, 6.45) is -1.92. The van der Waals surface area contributed by atoms with Gasteiger partial charge in [0.2, 0.25) is 11.8 Å². The van der Waals surface area contributed by atoms with Crippen molar-refractivity contribution in [3.63, 3.8) is 0 Å². The monoisotopic (exact) mass is 1240 g/mol. The minimum Gasteiger partial charge on any atom is -0.480 e. The highest BCUT2D eigenvalue weighted by Gasteiger charge is 2.37. The first-order valence-electron chi connectivity index (χ1n) is 26.6. The lowest BCUT2D eigenvalue weighted by atomic mass is 10.0. The van der Waals surface area contributed by atoms with Crippen LogP contribution in [0.5, 0.6) is 0 Å². The number of alkyl carbamates (subject to hydrolysis) is 1. The third-order valence-corrected chi connectivity index (χ3v) is 15.3. The smallest absolute Gasteiger partial charge is 0.407 e. The SMILES string of the molecule is CC(C)[C@@H](Nc1ccc(CNC(=O)[C@@H]2SCCN2C(=O)C[C@@H](Cc2cc(F)c(F)cc2F)NC(=O)OC(C)(C)C)cc1)C(=O)O.CC(C)[C@@H](Nc1ccc(CNC(=O)[C@@H]2SCCN2C(=O)C[C@H](N)Cc2cc(F)c(F)cc2F)cc1)C(=O)O.Cl. The Morgan fingerprint density at radius 2 is 0.988 bits per heavy atom. The molecular formula is C57H71ClF6N8O10S2. The van der Waals surface area contributed by atoms with Crippen LogP contribution in [0.1, 0.15) is 83.6 Å². The summed E-state index contributed by atoms with van der Waals surface area (Å²) in [4.78, 5) is 90.3. The van der Waals surface area contributed by atoms with Crippen LogP contribution in [0, 0.1) is 46.7 Å². The second kappa shape index (κ2) is 31.8. The van der Waals surface area contributed by atoms with Gasteiger partial charge in [-0.1, -0.05) is 52.0 Å². The normalized spacial score (nSPS) is 16.3. The number of carbonyl (C=O) groups is 7. The van der Waals surface area contributed by atoms with Gasteiger partial charge in [0.1, 0.15) is 29.3 Å². The van der Waals surface area contributed by atoms with E-state index in [-0.39, 0.29) is 92.5 Å². The zero-order valence-corrected chi connectivity index (χ0v) is 49.7. The van der Waals surface area contributed by atoms with Crippen LogP contribution < -0.4 is 32.3 Å². The Bertz CT molecular complexity index is 2950. The zero-order valence-electron chi connectivity index (χ0n) is 47.2. The lowest BCUT2D eigenvalue weighted by molar-refractivity contribution is -0.139. The summed E-state index contributed by atoms with van der Waals surface area (Å²) in [6, 6.07) is 12.8. The van der Waals surface area contributed by atoms with Crippen LogP contribution in [0.2, 0.25) is 0 Å². The van der Waals surface area contributed by atoms with Crippen molar-refractivity contribution in [2.75, 3.05) is 35.2 Å². The number of amides is 5. The molecule has 9 N–H and O–H groups in total. The van der Waals surface area contributed by atoms with Gasteiger partial charge >= 0.3 is 18.0 Å². The Hall–Kier alpha value is -6.90. The molecule has 2 fully saturated rings. The Morgan fingerprint density at radius 3 is 1.37 bits per heavy atom. The van der Waals surface area contributed by atoms with Crippen LogP contribution in [-0.4, -0.2) is 127 Å². The highest BCUT2D eigenvalue weighted by atomic mass is 35.5. The predicted octanol–water partition coefficient (Wildman–Crippen LogP) is 8.19. The number of hydrogen-bond acceptors (Lipinski definition) is 13. The van der Waals surface area contributed by atoms with E-state index in [1.54, 1.807) is 83.1 Å². The molecule has 0 aromatic heterocycles. The number of nitrogens with zero attached hydrogens (tertiary/aromatic N) is 2. The van der Waals surface area contributed by atoms with Crippen LogP contribution >= 0.6 is 35.9 Å². The van der Waals surface area contributed by atoms with Crippen molar-refractivity contribution in [1.82, 2.24) is 25.8 Å². The van der Waals surface area contributed by atoms with Gasteiger partial charge in [-0.3, -0.25) is 19.2 Å². The van der Waals surface area contributed by atoms with Gasteiger partial charge in [-0.15, -0.1) is 35.9 Å². The van der Waals surface area contributed by atoms with Crippen molar-refractivity contribution < 1.29 is 74.9 Å². The summed E-state index contributed by atoms with van der Waals surface area (Å²) < 4.78 is 87.6.